The molecule has 0 aliphatic carbocycles. The first-order chi connectivity index (χ1) is 14.5. The summed E-state index contributed by atoms with van der Waals surface area (Å²) in [5.41, 5.74) is 11.3. The molecule has 1 saturated heterocycles. The molecule has 31 heavy (non-hydrogen) atoms. The van der Waals surface area contributed by atoms with E-state index in [0.717, 1.165) is 0 Å². The standard InChI is InChI=1S/C14H19N7O9S/c15-5(14(25)26)1-7(22)20-31(27,28)29-2-6-9(23)10(24)13(30-6)21-4-19-8-11(16)17-3-18-12(8)21/h3-6,9-10,13,23-24H,1-2,15H2,(H,20,22)(H,25,26)(H2,16,17,18)/t5-,6-,9-,10-,13-/m1/s1. The average Bonchev–Trinajstić information content (AvgIpc) is 3.22. The summed E-state index contributed by atoms with van der Waals surface area (Å²) in [7, 11) is -4.67. The van der Waals surface area contributed by atoms with Crippen molar-refractivity contribution < 1.29 is 42.2 Å². The van der Waals surface area contributed by atoms with Crippen LogP contribution in [0.4, 0.5) is 5.82 Å². The van der Waals surface area contributed by atoms with Crippen molar-refractivity contribution in [3.05, 3.63) is 12.7 Å². The van der Waals surface area contributed by atoms with E-state index >= 15 is 0 Å². The third kappa shape index (κ3) is 4.86. The minimum Gasteiger partial charge on any atom is -0.480 e. The summed E-state index contributed by atoms with van der Waals surface area (Å²) >= 11 is 0. The van der Waals surface area contributed by atoms with Crippen molar-refractivity contribution in [3.8, 4) is 0 Å². The van der Waals surface area contributed by atoms with E-state index in [1.54, 1.807) is 0 Å². The molecule has 0 bridgehead atoms. The molecule has 5 atom stereocenters. The van der Waals surface area contributed by atoms with Crippen LogP contribution >= 0.6 is 0 Å². The number of nitrogens with two attached hydrogens (primary N) is 2. The quantitative estimate of drug-likeness (QED) is 0.220. The van der Waals surface area contributed by atoms with Crippen molar-refractivity contribution in [2.24, 2.45) is 5.73 Å². The first-order valence-corrected chi connectivity index (χ1v) is 10.0. The van der Waals surface area contributed by atoms with Gasteiger partial charge in [0.05, 0.1) is 19.4 Å². The Balaban J connectivity index is 1.64. The van der Waals surface area contributed by atoms with Gasteiger partial charge in [-0.1, -0.05) is 0 Å². The zero-order chi connectivity index (χ0) is 22.9. The lowest BCUT2D eigenvalue weighted by Gasteiger charge is -2.16. The van der Waals surface area contributed by atoms with E-state index in [0.29, 0.717) is 0 Å². The van der Waals surface area contributed by atoms with E-state index in [1.165, 1.54) is 21.9 Å². The second-order valence-corrected chi connectivity index (χ2v) is 7.89. The molecule has 0 unspecified atom stereocenters. The number of carbonyl (C=O) groups is 2. The number of nitrogens with zero attached hydrogens (tertiary/aromatic N) is 4. The van der Waals surface area contributed by atoms with Gasteiger partial charge in [-0.2, -0.15) is 8.42 Å². The Bertz CT molecular complexity index is 1090. The highest BCUT2D eigenvalue weighted by molar-refractivity contribution is 7.85. The number of ether oxygens (including phenoxy) is 1. The Morgan fingerprint density at radius 2 is 2.00 bits per heavy atom. The number of hydrogen-bond acceptors (Lipinski definition) is 13. The number of carboxylic acids is 1. The lowest BCUT2D eigenvalue weighted by molar-refractivity contribution is -0.140. The van der Waals surface area contributed by atoms with Gasteiger partial charge in [0.25, 0.3) is 0 Å². The minimum atomic E-state index is -4.67. The number of nitrogen functional groups attached to an aromatic ring is 1. The number of amides is 1. The maximum atomic E-state index is 11.9. The number of carbonyl (C=O) groups excluding carboxylic acids is 1. The fraction of sp³-hybridized carbons (Fsp3) is 0.500. The van der Waals surface area contributed by atoms with Crippen molar-refractivity contribution in [1.29, 1.82) is 0 Å². The van der Waals surface area contributed by atoms with E-state index in [1.807, 2.05) is 0 Å². The van der Waals surface area contributed by atoms with Crippen molar-refractivity contribution >= 4 is 39.2 Å². The molecule has 3 rings (SSSR count). The van der Waals surface area contributed by atoms with E-state index in [-0.39, 0.29) is 17.0 Å². The average molecular weight is 461 g/mol. The van der Waals surface area contributed by atoms with Gasteiger partial charge in [-0.3, -0.25) is 18.3 Å². The zero-order valence-electron chi connectivity index (χ0n) is 15.6. The van der Waals surface area contributed by atoms with Gasteiger partial charge in [0.15, 0.2) is 17.7 Å². The highest BCUT2D eigenvalue weighted by Gasteiger charge is 2.45. The Kier molecular flexibility index (Phi) is 6.34. The maximum absolute atomic E-state index is 11.9. The molecule has 0 aromatic carbocycles. The van der Waals surface area contributed by atoms with E-state index in [9.17, 15) is 28.2 Å². The second kappa shape index (κ2) is 8.65. The molecule has 1 aliphatic rings. The van der Waals surface area contributed by atoms with Gasteiger partial charge >= 0.3 is 16.3 Å². The number of anilines is 1. The van der Waals surface area contributed by atoms with Crippen LogP contribution in [0.3, 0.4) is 0 Å². The summed E-state index contributed by atoms with van der Waals surface area (Å²) in [5, 5.41) is 29.2. The van der Waals surface area contributed by atoms with E-state index in [4.69, 9.17) is 21.3 Å². The predicted molar refractivity (Wildman–Crippen MR) is 98.9 cm³/mol. The number of aliphatic hydroxyl groups excluding tert-OH is 2. The summed E-state index contributed by atoms with van der Waals surface area (Å²) < 4.78 is 36.6. The summed E-state index contributed by atoms with van der Waals surface area (Å²) in [6.07, 6.45) is -3.97. The molecule has 3 heterocycles. The molecular weight excluding hydrogens is 442 g/mol. The maximum Gasteiger partial charge on any atom is 0.362 e. The number of rotatable bonds is 8. The molecular formula is C14H19N7O9S. The van der Waals surface area contributed by atoms with Crippen molar-refractivity contribution in [2.75, 3.05) is 12.3 Å². The number of fused-ring (bicyclic) bond motifs is 1. The monoisotopic (exact) mass is 461 g/mol. The van der Waals surface area contributed by atoms with Crippen LogP contribution in [0.25, 0.3) is 11.2 Å². The first-order valence-electron chi connectivity index (χ1n) is 8.63. The molecule has 2 aromatic heterocycles. The molecule has 17 heteroatoms. The fourth-order valence-corrected chi connectivity index (χ4v) is 3.54. The molecule has 16 nitrogen and oxygen atoms in total. The van der Waals surface area contributed by atoms with E-state index < -0.39 is 65.8 Å². The SMILES string of the molecule is Nc1ncnc2c1ncn2[C@@H]1O[C@H](COS(=O)(=O)NC(=O)C[C@@H](N)C(=O)O)[C@@H](O)[C@H]1O. The summed E-state index contributed by atoms with van der Waals surface area (Å²) in [6, 6.07) is -1.60. The molecule has 0 radical (unpaired) electrons. The molecule has 170 valence electrons. The smallest absolute Gasteiger partial charge is 0.362 e. The molecule has 1 amide bonds. The highest BCUT2D eigenvalue weighted by Crippen LogP contribution is 2.32. The van der Waals surface area contributed by atoms with Gasteiger partial charge in [-0.25, -0.2) is 19.7 Å². The zero-order valence-corrected chi connectivity index (χ0v) is 16.4. The molecule has 0 saturated carbocycles. The van der Waals surface area contributed by atoms with Crippen LogP contribution in [0.2, 0.25) is 0 Å². The van der Waals surface area contributed by atoms with Crippen LogP contribution in [0.5, 0.6) is 0 Å². The largest absolute Gasteiger partial charge is 0.480 e. The van der Waals surface area contributed by atoms with Crippen LogP contribution in [-0.2, 0) is 28.8 Å². The van der Waals surface area contributed by atoms with Gasteiger partial charge in [0, 0.05) is 0 Å². The van der Waals surface area contributed by atoms with Crippen molar-refractivity contribution in [1.82, 2.24) is 24.2 Å². The lowest BCUT2D eigenvalue weighted by atomic mass is 10.1. The minimum absolute atomic E-state index is 0.0844. The van der Waals surface area contributed by atoms with Gasteiger partial charge in [0.1, 0.15) is 36.2 Å². The normalized spacial score (nSPS) is 24.9. The summed E-state index contributed by atoms with van der Waals surface area (Å²) in [6.45, 7) is -0.772. The van der Waals surface area contributed by atoms with Crippen LogP contribution in [0, 0.1) is 0 Å². The second-order valence-electron chi connectivity index (χ2n) is 6.54. The van der Waals surface area contributed by atoms with Crippen LogP contribution in [0.1, 0.15) is 12.6 Å². The van der Waals surface area contributed by atoms with Crippen LogP contribution in [-0.4, -0.2) is 86.1 Å². The molecule has 0 spiro atoms. The third-order valence-electron chi connectivity index (χ3n) is 4.35. The van der Waals surface area contributed by atoms with Crippen LogP contribution in [0.15, 0.2) is 12.7 Å². The number of carboxylic acid groups (broad SMARTS) is 1. The fourth-order valence-electron chi connectivity index (χ4n) is 2.81. The predicted octanol–water partition coefficient (Wildman–Crippen LogP) is -3.79. The van der Waals surface area contributed by atoms with Crippen molar-refractivity contribution in [2.45, 2.75) is 37.0 Å². The molecule has 2 aromatic rings. The molecule has 1 fully saturated rings. The van der Waals surface area contributed by atoms with Gasteiger partial charge in [0.2, 0.25) is 5.91 Å². The Morgan fingerprint density at radius 1 is 1.29 bits per heavy atom. The number of hydrogen-bond donors (Lipinski definition) is 6. The topological polar surface area (TPSA) is 255 Å². The van der Waals surface area contributed by atoms with Gasteiger partial charge in [-0.05, 0) is 0 Å². The highest BCUT2D eigenvalue weighted by atomic mass is 32.2. The Labute approximate surface area is 174 Å². The number of imidazole rings is 1. The number of nitrogens with one attached hydrogen (secondary N) is 1. The van der Waals surface area contributed by atoms with Crippen molar-refractivity contribution in [3.63, 3.8) is 0 Å². The van der Waals surface area contributed by atoms with Crippen LogP contribution < -0.4 is 16.2 Å². The third-order valence-corrected chi connectivity index (χ3v) is 5.27. The number of aromatic nitrogens is 4. The Hall–Kier alpha value is -2.96. The van der Waals surface area contributed by atoms with Gasteiger partial charge in [-0.15, -0.1) is 0 Å². The lowest BCUT2D eigenvalue weighted by Crippen LogP contribution is -2.41. The number of aliphatic carboxylic acids is 1. The molecule has 1 aliphatic heterocycles. The van der Waals surface area contributed by atoms with Gasteiger partial charge < -0.3 is 31.5 Å². The molecule has 8 N–H and O–H groups in total. The summed E-state index contributed by atoms with van der Waals surface area (Å²) in [4.78, 5) is 34.0. The Morgan fingerprint density at radius 3 is 2.68 bits per heavy atom. The summed E-state index contributed by atoms with van der Waals surface area (Å²) in [5.74, 6) is -2.61. The van der Waals surface area contributed by atoms with E-state index in [2.05, 4.69) is 19.1 Å². The number of aliphatic hydroxyl groups is 2. The first kappa shape index (κ1) is 22.7.